The second kappa shape index (κ2) is 5.00. The third-order valence-electron chi connectivity index (χ3n) is 3.35. The van der Waals surface area contributed by atoms with Gasteiger partial charge in [-0.25, -0.2) is 13.1 Å². The molecule has 9 heteroatoms. The SMILES string of the molecule is Cc1cc(NN)c([N+](=O)[O-])cc1S(=O)(=O)NC1CC1C. The Morgan fingerprint density at radius 3 is 2.50 bits per heavy atom. The van der Waals surface area contributed by atoms with E-state index in [1.54, 1.807) is 6.92 Å². The molecule has 0 aliphatic heterocycles. The van der Waals surface area contributed by atoms with Crippen molar-refractivity contribution in [3.05, 3.63) is 27.8 Å². The number of nitrogens with zero attached hydrogens (tertiary/aromatic N) is 1. The molecule has 2 atom stereocenters. The van der Waals surface area contributed by atoms with Crippen LogP contribution in [-0.4, -0.2) is 19.4 Å². The summed E-state index contributed by atoms with van der Waals surface area (Å²) in [7, 11) is -3.76. The second-order valence-corrected chi connectivity index (χ2v) is 6.66. The van der Waals surface area contributed by atoms with E-state index in [1.165, 1.54) is 6.07 Å². The molecule has 20 heavy (non-hydrogen) atoms. The number of hydrazine groups is 1. The largest absolute Gasteiger partial charge is 0.318 e. The van der Waals surface area contributed by atoms with Gasteiger partial charge in [-0.05, 0) is 30.9 Å². The smallest absolute Gasteiger partial charge is 0.295 e. The summed E-state index contributed by atoms with van der Waals surface area (Å²) >= 11 is 0. The standard InChI is InChI=1S/C11H16N4O4S/c1-6-3-8(6)14-20(18,19)11-5-10(15(16)17)9(13-12)4-7(11)2/h4-6,8,13-14H,3,12H2,1-2H3. The number of nitrogen functional groups attached to an aromatic ring is 1. The molecule has 4 N–H and O–H groups in total. The van der Waals surface area contributed by atoms with Gasteiger partial charge in [-0.2, -0.15) is 0 Å². The van der Waals surface area contributed by atoms with Crippen LogP contribution in [0.1, 0.15) is 18.9 Å². The Morgan fingerprint density at radius 1 is 1.45 bits per heavy atom. The van der Waals surface area contributed by atoms with E-state index in [9.17, 15) is 18.5 Å². The molecule has 110 valence electrons. The summed E-state index contributed by atoms with van der Waals surface area (Å²) in [4.78, 5) is 10.2. The molecule has 0 amide bonds. The minimum Gasteiger partial charge on any atom is -0.318 e. The molecule has 0 heterocycles. The van der Waals surface area contributed by atoms with E-state index >= 15 is 0 Å². The number of aryl methyl sites for hydroxylation is 1. The van der Waals surface area contributed by atoms with Gasteiger partial charge in [0.25, 0.3) is 5.69 Å². The van der Waals surface area contributed by atoms with E-state index in [0.29, 0.717) is 11.5 Å². The monoisotopic (exact) mass is 300 g/mol. The van der Waals surface area contributed by atoms with Crippen molar-refractivity contribution in [1.29, 1.82) is 0 Å². The van der Waals surface area contributed by atoms with E-state index in [4.69, 9.17) is 5.84 Å². The van der Waals surface area contributed by atoms with Gasteiger partial charge in [-0.1, -0.05) is 6.92 Å². The lowest BCUT2D eigenvalue weighted by Crippen LogP contribution is -2.27. The quantitative estimate of drug-likeness (QED) is 0.420. The van der Waals surface area contributed by atoms with Crippen molar-refractivity contribution in [2.45, 2.75) is 31.2 Å². The van der Waals surface area contributed by atoms with Gasteiger partial charge in [0.15, 0.2) is 0 Å². The van der Waals surface area contributed by atoms with Crippen molar-refractivity contribution in [2.24, 2.45) is 11.8 Å². The highest BCUT2D eigenvalue weighted by Crippen LogP contribution is 2.33. The van der Waals surface area contributed by atoms with E-state index in [-0.39, 0.29) is 22.3 Å². The van der Waals surface area contributed by atoms with Crippen molar-refractivity contribution in [3.8, 4) is 0 Å². The predicted octanol–water partition coefficient (Wildman–Crippen LogP) is 0.876. The van der Waals surface area contributed by atoms with Crippen LogP contribution in [0.25, 0.3) is 0 Å². The van der Waals surface area contributed by atoms with Gasteiger partial charge in [0.1, 0.15) is 5.69 Å². The van der Waals surface area contributed by atoms with Gasteiger partial charge >= 0.3 is 0 Å². The number of nitro groups is 1. The number of hydrogen-bond donors (Lipinski definition) is 3. The van der Waals surface area contributed by atoms with Crippen LogP contribution in [0.2, 0.25) is 0 Å². The van der Waals surface area contributed by atoms with Crippen molar-refractivity contribution in [1.82, 2.24) is 4.72 Å². The van der Waals surface area contributed by atoms with Crippen LogP contribution >= 0.6 is 0 Å². The lowest BCUT2D eigenvalue weighted by Gasteiger charge is -2.11. The second-order valence-electron chi connectivity index (χ2n) is 4.98. The number of sulfonamides is 1. The molecule has 0 saturated heterocycles. The Kier molecular flexibility index (Phi) is 3.67. The molecule has 1 aromatic rings. The van der Waals surface area contributed by atoms with E-state index in [1.807, 2.05) is 6.92 Å². The first kappa shape index (κ1) is 14.7. The maximum Gasteiger partial charge on any atom is 0.295 e. The molecule has 1 fully saturated rings. The average Bonchev–Trinajstić information content (AvgIpc) is 3.02. The fourth-order valence-electron chi connectivity index (χ4n) is 1.98. The zero-order chi connectivity index (χ0) is 15.1. The lowest BCUT2D eigenvalue weighted by molar-refractivity contribution is -0.384. The van der Waals surface area contributed by atoms with Crippen LogP contribution in [0, 0.1) is 23.0 Å². The van der Waals surface area contributed by atoms with Crippen LogP contribution in [-0.2, 0) is 10.0 Å². The third-order valence-corrected chi connectivity index (χ3v) is 4.98. The van der Waals surface area contributed by atoms with E-state index < -0.39 is 14.9 Å². The van der Waals surface area contributed by atoms with Gasteiger partial charge in [-0.15, -0.1) is 0 Å². The van der Waals surface area contributed by atoms with Gasteiger partial charge < -0.3 is 5.43 Å². The molecular weight excluding hydrogens is 284 g/mol. The number of nitrogens with two attached hydrogens (primary N) is 1. The van der Waals surface area contributed by atoms with E-state index in [0.717, 1.165) is 12.5 Å². The Bertz CT molecular complexity index is 659. The Morgan fingerprint density at radius 2 is 2.05 bits per heavy atom. The topological polar surface area (TPSA) is 127 Å². The lowest BCUT2D eigenvalue weighted by atomic mass is 10.2. The molecule has 1 aromatic carbocycles. The first-order chi connectivity index (χ1) is 9.26. The molecule has 1 aliphatic rings. The predicted molar refractivity (Wildman–Crippen MR) is 73.5 cm³/mol. The van der Waals surface area contributed by atoms with Crippen LogP contribution in [0.15, 0.2) is 17.0 Å². The Hall–Kier alpha value is -1.71. The van der Waals surface area contributed by atoms with Crippen LogP contribution in [0.3, 0.4) is 0 Å². The molecule has 8 nitrogen and oxygen atoms in total. The summed E-state index contributed by atoms with van der Waals surface area (Å²) in [5.74, 6) is 5.50. The minimum atomic E-state index is -3.76. The van der Waals surface area contributed by atoms with Gasteiger partial charge in [0.05, 0.1) is 9.82 Å². The van der Waals surface area contributed by atoms with Crippen molar-refractivity contribution in [3.63, 3.8) is 0 Å². The normalized spacial score (nSPS) is 21.6. The maximum atomic E-state index is 12.2. The summed E-state index contributed by atoms with van der Waals surface area (Å²) in [5, 5.41) is 11.0. The number of nitrogens with one attached hydrogen (secondary N) is 2. The van der Waals surface area contributed by atoms with Crippen molar-refractivity contribution < 1.29 is 13.3 Å². The minimum absolute atomic E-state index is 0.0752. The molecule has 0 radical (unpaired) electrons. The molecular formula is C11H16N4O4S. The Labute approximate surface area is 116 Å². The van der Waals surface area contributed by atoms with Crippen molar-refractivity contribution >= 4 is 21.4 Å². The van der Waals surface area contributed by atoms with Gasteiger partial charge in [0, 0.05) is 12.1 Å². The first-order valence-corrected chi connectivity index (χ1v) is 7.52. The number of nitro benzene ring substituents is 1. The average molecular weight is 300 g/mol. The number of anilines is 1. The third kappa shape index (κ3) is 2.74. The molecule has 0 aromatic heterocycles. The summed E-state index contributed by atoms with van der Waals surface area (Å²) in [6.45, 7) is 3.50. The molecule has 0 spiro atoms. The summed E-state index contributed by atoms with van der Waals surface area (Å²) < 4.78 is 27.0. The Balaban J connectivity index is 2.45. The molecule has 1 aliphatic carbocycles. The zero-order valence-corrected chi connectivity index (χ0v) is 11.9. The van der Waals surface area contributed by atoms with Gasteiger partial charge in [0.2, 0.25) is 10.0 Å². The maximum absolute atomic E-state index is 12.2. The summed E-state index contributed by atoms with van der Waals surface area (Å²) in [6, 6.07) is 2.29. The summed E-state index contributed by atoms with van der Waals surface area (Å²) in [5.41, 5.74) is 2.29. The number of benzene rings is 1. The number of hydrogen-bond acceptors (Lipinski definition) is 6. The van der Waals surface area contributed by atoms with Crippen LogP contribution in [0.4, 0.5) is 11.4 Å². The fraction of sp³-hybridized carbons (Fsp3) is 0.455. The molecule has 1 saturated carbocycles. The summed E-state index contributed by atoms with van der Waals surface area (Å²) in [6.07, 6.45) is 0.781. The highest BCUT2D eigenvalue weighted by Gasteiger charge is 2.37. The van der Waals surface area contributed by atoms with Crippen LogP contribution < -0.4 is 16.0 Å². The van der Waals surface area contributed by atoms with E-state index in [2.05, 4.69) is 10.1 Å². The van der Waals surface area contributed by atoms with Crippen molar-refractivity contribution in [2.75, 3.05) is 5.43 Å². The fourth-order valence-corrected chi connectivity index (χ4v) is 3.59. The zero-order valence-electron chi connectivity index (χ0n) is 11.1. The number of rotatable bonds is 5. The van der Waals surface area contributed by atoms with Gasteiger partial charge in [-0.3, -0.25) is 16.0 Å². The highest BCUT2D eigenvalue weighted by atomic mass is 32.2. The van der Waals surface area contributed by atoms with Crippen LogP contribution in [0.5, 0.6) is 0 Å². The molecule has 2 unspecified atom stereocenters. The first-order valence-electron chi connectivity index (χ1n) is 6.04. The molecule has 0 bridgehead atoms. The molecule has 2 rings (SSSR count). The highest BCUT2D eigenvalue weighted by molar-refractivity contribution is 7.89.